The largest absolute Gasteiger partial charge is 0.457 e. The Kier molecular flexibility index (Phi) is 5.35. The van der Waals surface area contributed by atoms with Gasteiger partial charge in [0.2, 0.25) is 0 Å². The normalized spacial score (nSPS) is 11.1. The molecule has 4 rings (SSSR count). The van der Waals surface area contributed by atoms with Crippen molar-refractivity contribution < 1.29 is 13.5 Å². The molecule has 0 aliphatic rings. The molecule has 0 bridgehead atoms. The molecular weight excluding hydrogens is 358 g/mol. The number of nitrogens with one attached hydrogen (secondary N) is 2. The second-order valence-electron chi connectivity index (χ2n) is 6.60. The van der Waals surface area contributed by atoms with E-state index in [-0.39, 0.29) is 11.6 Å². The topological polar surface area (TPSA) is 37.0 Å². The fourth-order valence-electron chi connectivity index (χ4n) is 3.19. The minimum atomic E-state index is -0.268. The van der Waals surface area contributed by atoms with Crippen LogP contribution in [0.3, 0.4) is 0 Å². The first kappa shape index (κ1) is 18.2. The van der Waals surface area contributed by atoms with Crippen LogP contribution in [0.1, 0.15) is 11.1 Å². The Hall–Kier alpha value is -3.18. The first-order chi connectivity index (χ1) is 13.7. The minimum Gasteiger partial charge on any atom is -0.457 e. The molecule has 3 nitrogen and oxygen atoms in total. The summed E-state index contributed by atoms with van der Waals surface area (Å²) in [5.41, 5.74) is 2.44. The number of benzene rings is 3. The SMILES string of the molecule is Fc1ccc2c(CCNCc3cc(Oc4ccccc4)ccc3F)c[nH]c2c1. The summed E-state index contributed by atoms with van der Waals surface area (Å²) < 4.78 is 33.2. The van der Waals surface area contributed by atoms with Crippen molar-refractivity contribution in [1.82, 2.24) is 10.3 Å². The van der Waals surface area contributed by atoms with Crippen LogP contribution >= 0.6 is 0 Å². The third-order valence-electron chi connectivity index (χ3n) is 4.61. The van der Waals surface area contributed by atoms with Gasteiger partial charge in [0, 0.05) is 29.2 Å². The van der Waals surface area contributed by atoms with Crippen molar-refractivity contribution in [3.63, 3.8) is 0 Å². The monoisotopic (exact) mass is 378 g/mol. The number of H-pyrrole nitrogens is 1. The number of rotatable bonds is 7. The molecular formula is C23H20F2N2O. The van der Waals surface area contributed by atoms with Crippen LogP contribution in [0.4, 0.5) is 8.78 Å². The molecule has 28 heavy (non-hydrogen) atoms. The van der Waals surface area contributed by atoms with E-state index in [1.54, 1.807) is 18.2 Å². The molecule has 0 radical (unpaired) electrons. The van der Waals surface area contributed by atoms with Gasteiger partial charge in [-0.2, -0.15) is 0 Å². The molecule has 0 saturated heterocycles. The summed E-state index contributed by atoms with van der Waals surface area (Å²) >= 11 is 0. The van der Waals surface area contributed by atoms with Crippen molar-refractivity contribution in [1.29, 1.82) is 0 Å². The highest BCUT2D eigenvalue weighted by atomic mass is 19.1. The third kappa shape index (κ3) is 4.21. The highest BCUT2D eigenvalue weighted by Crippen LogP contribution is 2.23. The summed E-state index contributed by atoms with van der Waals surface area (Å²) in [6, 6.07) is 18.9. The molecule has 0 amide bonds. The molecule has 3 aromatic carbocycles. The summed E-state index contributed by atoms with van der Waals surface area (Å²) in [5.74, 6) is 0.787. The number of halogens is 2. The average Bonchev–Trinajstić information content (AvgIpc) is 3.10. The predicted octanol–water partition coefficient (Wildman–Crippen LogP) is 5.57. The molecule has 5 heteroatoms. The quantitative estimate of drug-likeness (QED) is 0.413. The van der Waals surface area contributed by atoms with Gasteiger partial charge in [-0.3, -0.25) is 0 Å². The second-order valence-corrected chi connectivity index (χ2v) is 6.60. The fraction of sp³-hybridized carbons (Fsp3) is 0.130. The Balaban J connectivity index is 1.36. The van der Waals surface area contributed by atoms with Crippen molar-refractivity contribution in [2.75, 3.05) is 6.54 Å². The van der Waals surface area contributed by atoms with Crippen LogP contribution in [0, 0.1) is 11.6 Å². The second kappa shape index (κ2) is 8.23. The zero-order chi connectivity index (χ0) is 19.3. The van der Waals surface area contributed by atoms with Crippen LogP contribution in [0.25, 0.3) is 10.9 Å². The van der Waals surface area contributed by atoms with Gasteiger partial charge >= 0.3 is 0 Å². The molecule has 4 aromatic rings. The van der Waals surface area contributed by atoms with Crippen LogP contribution in [-0.4, -0.2) is 11.5 Å². The van der Waals surface area contributed by atoms with E-state index in [4.69, 9.17) is 4.74 Å². The molecule has 0 saturated carbocycles. The molecule has 1 aromatic heterocycles. The van der Waals surface area contributed by atoms with Gasteiger partial charge in [0.15, 0.2) is 0 Å². The first-order valence-electron chi connectivity index (χ1n) is 9.16. The van der Waals surface area contributed by atoms with Gasteiger partial charge in [0.25, 0.3) is 0 Å². The highest BCUT2D eigenvalue weighted by Gasteiger charge is 2.07. The van der Waals surface area contributed by atoms with E-state index in [9.17, 15) is 8.78 Å². The Morgan fingerprint density at radius 1 is 0.857 bits per heavy atom. The van der Waals surface area contributed by atoms with Crippen LogP contribution in [0.2, 0.25) is 0 Å². The van der Waals surface area contributed by atoms with E-state index in [2.05, 4.69) is 10.3 Å². The number of para-hydroxylation sites is 1. The van der Waals surface area contributed by atoms with Gasteiger partial charge < -0.3 is 15.0 Å². The van der Waals surface area contributed by atoms with Gasteiger partial charge in [0.05, 0.1) is 0 Å². The van der Waals surface area contributed by atoms with Crippen molar-refractivity contribution in [3.8, 4) is 11.5 Å². The van der Waals surface area contributed by atoms with E-state index < -0.39 is 0 Å². The smallest absolute Gasteiger partial charge is 0.127 e. The molecule has 1 heterocycles. The maximum Gasteiger partial charge on any atom is 0.127 e. The number of ether oxygens (including phenoxy) is 1. The summed E-state index contributed by atoms with van der Waals surface area (Å²) in [5, 5.41) is 4.27. The lowest BCUT2D eigenvalue weighted by Crippen LogP contribution is -2.17. The number of hydrogen-bond donors (Lipinski definition) is 2. The molecule has 2 N–H and O–H groups in total. The van der Waals surface area contributed by atoms with E-state index in [0.717, 1.165) is 22.9 Å². The van der Waals surface area contributed by atoms with Gasteiger partial charge in [-0.05, 0) is 67.1 Å². The third-order valence-corrected chi connectivity index (χ3v) is 4.61. The maximum atomic E-state index is 14.1. The summed E-state index contributed by atoms with van der Waals surface area (Å²) in [6.07, 6.45) is 2.65. The lowest BCUT2D eigenvalue weighted by molar-refractivity contribution is 0.478. The lowest BCUT2D eigenvalue weighted by Gasteiger charge is -2.10. The molecule has 0 unspecified atom stereocenters. The Labute approximate surface area is 162 Å². The Morgan fingerprint density at radius 3 is 2.57 bits per heavy atom. The van der Waals surface area contributed by atoms with Crippen molar-refractivity contribution in [2.24, 2.45) is 0 Å². The Morgan fingerprint density at radius 2 is 1.71 bits per heavy atom. The number of hydrogen-bond acceptors (Lipinski definition) is 2. The maximum absolute atomic E-state index is 14.1. The number of aromatic nitrogens is 1. The molecule has 0 spiro atoms. The standard InChI is InChI=1S/C23H20F2N2O/c24-18-6-8-21-16(15-27-23(21)13-18)10-11-26-14-17-12-20(7-9-22(17)25)28-19-4-2-1-3-5-19/h1-9,12-13,15,26-27H,10-11,14H2. The Bertz CT molecular complexity index is 1080. The van der Waals surface area contributed by atoms with Gasteiger partial charge in [0.1, 0.15) is 23.1 Å². The first-order valence-corrected chi connectivity index (χ1v) is 9.16. The van der Waals surface area contributed by atoms with Crippen LogP contribution in [0.5, 0.6) is 11.5 Å². The van der Waals surface area contributed by atoms with Crippen molar-refractivity contribution >= 4 is 10.9 Å². The lowest BCUT2D eigenvalue weighted by atomic mass is 10.1. The number of fused-ring (bicyclic) bond motifs is 1. The molecule has 0 aliphatic carbocycles. The van der Waals surface area contributed by atoms with E-state index in [1.807, 2.05) is 36.5 Å². The highest BCUT2D eigenvalue weighted by molar-refractivity contribution is 5.83. The van der Waals surface area contributed by atoms with Crippen LogP contribution in [-0.2, 0) is 13.0 Å². The number of aromatic amines is 1. The van der Waals surface area contributed by atoms with E-state index in [1.165, 1.54) is 18.2 Å². The van der Waals surface area contributed by atoms with Gasteiger partial charge in [-0.1, -0.05) is 18.2 Å². The summed E-state index contributed by atoms with van der Waals surface area (Å²) in [6.45, 7) is 1.07. The summed E-state index contributed by atoms with van der Waals surface area (Å²) in [4.78, 5) is 3.08. The predicted molar refractivity (Wildman–Crippen MR) is 107 cm³/mol. The molecule has 0 fully saturated rings. The molecule has 0 aliphatic heterocycles. The van der Waals surface area contributed by atoms with E-state index >= 15 is 0 Å². The van der Waals surface area contributed by atoms with Crippen molar-refractivity contribution in [3.05, 3.63) is 95.7 Å². The van der Waals surface area contributed by atoms with Gasteiger partial charge in [-0.15, -0.1) is 0 Å². The van der Waals surface area contributed by atoms with Gasteiger partial charge in [-0.25, -0.2) is 8.78 Å². The van der Waals surface area contributed by atoms with Crippen LogP contribution < -0.4 is 10.1 Å². The van der Waals surface area contributed by atoms with E-state index in [0.29, 0.717) is 30.2 Å². The zero-order valence-corrected chi connectivity index (χ0v) is 15.2. The minimum absolute atomic E-state index is 0.257. The molecule has 0 atom stereocenters. The zero-order valence-electron chi connectivity index (χ0n) is 15.2. The van der Waals surface area contributed by atoms with Crippen molar-refractivity contribution in [2.45, 2.75) is 13.0 Å². The average molecular weight is 378 g/mol. The molecule has 142 valence electrons. The summed E-state index contributed by atoms with van der Waals surface area (Å²) in [7, 11) is 0. The van der Waals surface area contributed by atoms with Crippen LogP contribution in [0.15, 0.2) is 72.9 Å². The fourth-order valence-corrected chi connectivity index (χ4v) is 3.19.